The van der Waals surface area contributed by atoms with E-state index < -0.39 is 6.61 Å². The topological polar surface area (TPSA) is 47.6 Å². The van der Waals surface area contributed by atoms with Crippen molar-refractivity contribution in [3.63, 3.8) is 0 Å². The molecule has 0 saturated carbocycles. The first kappa shape index (κ1) is 19.3. The van der Waals surface area contributed by atoms with Crippen molar-refractivity contribution in [2.75, 3.05) is 19.4 Å². The Kier molecular flexibility index (Phi) is 7.33. The predicted octanol–water partition coefficient (Wildman–Crippen LogP) is 4.47. The van der Waals surface area contributed by atoms with Crippen molar-refractivity contribution in [2.45, 2.75) is 11.5 Å². The second-order valence-corrected chi connectivity index (χ2v) is 6.41. The predicted molar refractivity (Wildman–Crippen MR) is 94.1 cm³/mol. The minimum absolute atomic E-state index is 0.0727. The van der Waals surface area contributed by atoms with Gasteiger partial charge in [-0.05, 0) is 42.5 Å². The summed E-state index contributed by atoms with van der Waals surface area (Å²) in [5.74, 6) is 0.311. The van der Waals surface area contributed by atoms with Crippen molar-refractivity contribution in [1.29, 1.82) is 0 Å². The van der Waals surface area contributed by atoms with Gasteiger partial charge in [-0.3, -0.25) is 4.79 Å². The molecule has 4 nitrogen and oxygen atoms in total. The molecule has 0 heterocycles. The van der Waals surface area contributed by atoms with Crippen molar-refractivity contribution in [3.05, 3.63) is 53.1 Å². The SMILES string of the molecule is COc1cc(C(=O)NCCSc2ccc(Cl)cc2)ccc1OC(F)F. The third-order valence-electron chi connectivity index (χ3n) is 3.11. The number of methoxy groups -OCH3 is 1. The number of thioether (sulfide) groups is 1. The highest BCUT2D eigenvalue weighted by Gasteiger charge is 2.14. The van der Waals surface area contributed by atoms with Crippen LogP contribution in [-0.4, -0.2) is 31.9 Å². The molecule has 0 unspecified atom stereocenters. The van der Waals surface area contributed by atoms with E-state index in [4.69, 9.17) is 16.3 Å². The maximum Gasteiger partial charge on any atom is 0.387 e. The van der Waals surface area contributed by atoms with Gasteiger partial charge in [0, 0.05) is 27.8 Å². The maximum absolute atomic E-state index is 12.3. The number of carbonyl (C=O) groups excluding carboxylic acids is 1. The maximum atomic E-state index is 12.3. The number of hydrogen-bond acceptors (Lipinski definition) is 4. The van der Waals surface area contributed by atoms with E-state index >= 15 is 0 Å². The lowest BCUT2D eigenvalue weighted by molar-refractivity contribution is -0.0512. The molecule has 2 aromatic carbocycles. The van der Waals surface area contributed by atoms with Gasteiger partial charge >= 0.3 is 6.61 Å². The molecule has 0 saturated heterocycles. The highest BCUT2D eigenvalue weighted by Crippen LogP contribution is 2.29. The van der Waals surface area contributed by atoms with Gasteiger partial charge in [-0.25, -0.2) is 0 Å². The number of rotatable bonds is 8. The van der Waals surface area contributed by atoms with Gasteiger partial charge in [-0.2, -0.15) is 8.78 Å². The normalized spacial score (nSPS) is 10.6. The summed E-state index contributed by atoms with van der Waals surface area (Å²) in [6.45, 7) is -2.51. The van der Waals surface area contributed by atoms with Crippen LogP contribution in [0.1, 0.15) is 10.4 Å². The Bertz CT molecular complexity index is 714. The molecule has 2 aromatic rings. The molecule has 25 heavy (non-hydrogen) atoms. The van der Waals surface area contributed by atoms with Gasteiger partial charge in [0.05, 0.1) is 7.11 Å². The van der Waals surface area contributed by atoms with E-state index in [2.05, 4.69) is 10.1 Å². The monoisotopic (exact) mass is 387 g/mol. The number of amides is 1. The summed E-state index contributed by atoms with van der Waals surface area (Å²) in [6.07, 6.45) is 0. The van der Waals surface area contributed by atoms with Crippen LogP contribution in [0.3, 0.4) is 0 Å². The van der Waals surface area contributed by atoms with Crippen LogP contribution in [-0.2, 0) is 0 Å². The molecular formula is C17H16ClF2NO3S. The minimum atomic E-state index is -2.96. The van der Waals surface area contributed by atoms with Gasteiger partial charge in [0.1, 0.15) is 0 Å². The molecule has 8 heteroatoms. The lowest BCUT2D eigenvalue weighted by atomic mass is 10.2. The largest absolute Gasteiger partial charge is 0.493 e. The van der Waals surface area contributed by atoms with Crippen molar-refractivity contribution < 1.29 is 23.0 Å². The fraction of sp³-hybridized carbons (Fsp3) is 0.235. The van der Waals surface area contributed by atoms with Crippen LogP contribution >= 0.6 is 23.4 Å². The van der Waals surface area contributed by atoms with Crippen LogP contribution in [0.2, 0.25) is 5.02 Å². The van der Waals surface area contributed by atoms with Crippen LogP contribution in [0.15, 0.2) is 47.4 Å². The van der Waals surface area contributed by atoms with Crippen LogP contribution in [0.5, 0.6) is 11.5 Å². The van der Waals surface area contributed by atoms with Gasteiger partial charge in [0.15, 0.2) is 11.5 Å². The molecular weight excluding hydrogens is 372 g/mol. The average Bonchev–Trinajstić information content (AvgIpc) is 2.60. The molecule has 0 aliphatic rings. The zero-order valence-corrected chi connectivity index (χ0v) is 14.9. The molecule has 0 aliphatic carbocycles. The van der Waals surface area contributed by atoms with E-state index in [9.17, 15) is 13.6 Å². The molecule has 2 rings (SSSR count). The van der Waals surface area contributed by atoms with Crippen LogP contribution < -0.4 is 14.8 Å². The van der Waals surface area contributed by atoms with E-state index in [1.54, 1.807) is 23.9 Å². The third-order valence-corrected chi connectivity index (χ3v) is 4.38. The molecule has 134 valence electrons. The van der Waals surface area contributed by atoms with Gasteiger partial charge in [0.2, 0.25) is 0 Å². The summed E-state index contributed by atoms with van der Waals surface area (Å²) in [5.41, 5.74) is 0.301. The summed E-state index contributed by atoms with van der Waals surface area (Å²) in [7, 11) is 1.32. The summed E-state index contributed by atoms with van der Waals surface area (Å²) in [5, 5.41) is 3.43. The molecule has 0 aliphatic heterocycles. The Labute approximate surface area is 153 Å². The molecule has 1 amide bonds. The van der Waals surface area contributed by atoms with Crippen molar-refractivity contribution >= 4 is 29.3 Å². The Morgan fingerprint density at radius 2 is 1.92 bits per heavy atom. The van der Waals surface area contributed by atoms with E-state index in [0.29, 0.717) is 22.9 Å². The number of nitrogens with one attached hydrogen (secondary N) is 1. The number of alkyl halides is 2. The lowest BCUT2D eigenvalue weighted by Crippen LogP contribution is -2.25. The van der Waals surface area contributed by atoms with E-state index in [0.717, 1.165) is 4.90 Å². The van der Waals surface area contributed by atoms with Crippen molar-refractivity contribution in [2.24, 2.45) is 0 Å². The summed E-state index contributed by atoms with van der Waals surface area (Å²) in [4.78, 5) is 13.2. The Hall–Kier alpha value is -1.99. The molecule has 0 bridgehead atoms. The smallest absolute Gasteiger partial charge is 0.387 e. The Morgan fingerprint density at radius 1 is 1.20 bits per heavy atom. The minimum Gasteiger partial charge on any atom is -0.493 e. The highest BCUT2D eigenvalue weighted by atomic mass is 35.5. The van der Waals surface area contributed by atoms with Crippen LogP contribution in [0.25, 0.3) is 0 Å². The van der Waals surface area contributed by atoms with E-state index in [1.807, 2.05) is 12.1 Å². The van der Waals surface area contributed by atoms with E-state index in [-0.39, 0.29) is 17.4 Å². The number of ether oxygens (including phenoxy) is 2. The second-order valence-electron chi connectivity index (χ2n) is 4.80. The Morgan fingerprint density at radius 3 is 2.56 bits per heavy atom. The Balaban J connectivity index is 1.86. The van der Waals surface area contributed by atoms with Crippen LogP contribution in [0, 0.1) is 0 Å². The molecule has 0 radical (unpaired) electrons. The van der Waals surface area contributed by atoms with Gasteiger partial charge in [-0.15, -0.1) is 11.8 Å². The number of carbonyl (C=O) groups is 1. The number of halogens is 3. The standard InChI is InChI=1S/C17H16ClF2NO3S/c1-23-15-10-11(2-7-14(15)24-17(19)20)16(22)21-8-9-25-13-5-3-12(18)4-6-13/h2-7,10,17H,8-9H2,1H3,(H,21,22). The van der Waals surface area contributed by atoms with Crippen molar-refractivity contribution in [1.82, 2.24) is 5.32 Å². The first-order valence-electron chi connectivity index (χ1n) is 7.29. The number of hydrogen-bond donors (Lipinski definition) is 1. The fourth-order valence-electron chi connectivity index (χ4n) is 1.97. The summed E-state index contributed by atoms with van der Waals surface area (Å²) in [6, 6.07) is 11.5. The molecule has 0 fully saturated rings. The van der Waals surface area contributed by atoms with Crippen molar-refractivity contribution in [3.8, 4) is 11.5 Å². The molecule has 1 N–H and O–H groups in total. The van der Waals surface area contributed by atoms with E-state index in [1.165, 1.54) is 25.3 Å². The van der Waals surface area contributed by atoms with Crippen LogP contribution in [0.4, 0.5) is 8.78 Å². The number of benzene rings is 2. The zero-order valence-electron chi connectivity index (χ0n) is 13.3. The molecule has 0 spiro atoms. The zero-order chi connectivity index (χ0) is 18.2. The first-order valence-corrected chi connectivity index (χ1v) is 8.65. The lowest BCUT2D eigenvalue weighted by Gasteiger charge is -2.11. The summed E-state index contributed by atoms with van der Waals surface area (Å²) < 4.78 is 33.9. The first-order chi connectivity index (χ1) is 12.0. The molecule has 0 atom stereocenters. The second kappa shape index (κ2) is 9.48. The average molecular weight is 388 g/mol. The highest BCUT2D eigenvalue weighted by molar-refractivity contribution is 7.99. The quantitative estimate of drug-likeness (QED) is 0.536. The third kappa shape index (κ3) is 6.10. The summed E-state index contributed by atoms with van der Waals surface area (Å²) >= 11 is 7.40. The van der Waals surface area contributed by atoms with Gasteiger partial charge < -0.3 is 14.8 Å². The fourth-order valence-corrected chi connectivity index (χ4v) is 2.86. The van der Waals surface area contributed by atoms with Gasteiger partial charge in [0.25, 0.3) is 5.91 Å². The molecule has 0 aromatic heterocycles. The van der Waals surface area contributed by atoms with Gasteiger partial charge in [-0.1, -0.05) is 11.6 Å².